The molecule has 0 saturated heterocycles. The number of aromatic nitrogens is 3. The Morgan fingerprint density at radius 1 is 1.24 bits per heavy atom. The number of ether oxygens (including phenoxy) is 1. The van der Waals surface area contributed by atoms with Crippen molar-refractivity contribution in [2.75, 3.05) is 7.11 Å². The van der Waals surface area contributed by atoms with E-state index < -0.39 is 10.8 Å². The molecule has 3 aromatic rings. The minimum Gasteiger partial charge on any atom is -0.496 e. The van der Waals surface area contributed by atoms with E-state index in [1.54, 1.807) is 13.3 Å². The zero-order valence-corrected chi connectivity index (χ0v) is 17.3. The van der Waals surface area contributed by atoms with Crippen molar-refractivity contribution in [2.24, 2.45) is 0 Å². The third kappa shape index (κ3) is 3.53. The molecule has 0 radical (unpaired) electrons. The first-order chi connectivity index (χ1) is 11.8. The summed E-state index contributed by atoms with van der Waals surface area (Å²) >= 11 is 0. The molecule has 1 aromatic carbocycles. The van der Waals surface area contributed by atoms with Crippen molar-refractivity contribution in [3.63, 3.8) is 0 Å². The molecule has 124 valence electrons. The summed E-state index contributed by atoms with van der Waals surface area (Å²) in [6.45, 7) is 0. The molecular weight excluding hydrogens is 345 g/mol. The van der Waals surface area contributed by atoms with Crippen LogP contribution in [0.15, 0.2) is 41.7 Å². The van der Waals surface area contributed by atoms with E-state index in [4.69, 9.17) is 4.74 Å². The van der Waals surface area contributed by atoms with Gasteiger partial charge >= 0.3 is 29.6 Å². The minimum absolute atomic E-state index is 0. The van der Waals surface area contributed by atoms with Gasteiger partial charge in [-0.25, -0.2) is 0 Å². The first-order valence-corrected chi connectivity index (χ1v) is 9.31. The van der Waals surface area contributed by atoms with Gasteiger partial charge in [0.25, 0.3) is 0 Å². The van der Waals surface area contributed by atoms with Crippen molar-refractivity contribution < 1.29 is 38.5 Å². The van der Waals surface area contributed by atoms with E-state index in [2.05, 4.69) is 15.0 Å². The first-order valence-electron chi connectivity index (χ1n) is 8.09. The molecule has 25 heavy (non-hydrogen) atoms. The number of para-hydroxylation sites is 2. The van der Waals surface area contributed by atoms with Crippen LogP contribution in [0.4, 0.5) is 0 Å². The third-order valence-corrected chi connectivity index (χ3v) is 5.98. The van der Waals surface area contributed by atoms with Crippen LogP contribution in [-0.2, 0) is 17.2 Å². The molecule has 0 saturated carbocycles. The molecule has 0 unspecified atom stereocenters. The molecule has 2 aromatic heterocycles. The van der Waals surface area contributed by atoms with Gasteiger partial charge in [0.1, 0.15) is 5.75 Å². The maximum absolute atomic E-state index is 13.2. The Balaban J connectivity index is 0.00000182. The van der Waals surface area contributed by atoms with Crippen LogP contribution in [0.5, 0.6) is 5.75 Å². The molecule has 0 N–H and O–H groups in total. The summed E-state index contributed by atoms with van der Waals surface area (Å²) in [7, 11) is 0.341. The molecule has 2 atom stereocenters. The molecule has 0 aliphatic heterocycles. The summed E-state index contributed by atoms with van der Waals surface area (Å²) in [5.41, 5.74) is 3.52. The van der Waals surface area contributed by atoms with Crippen molar-refractivity contribution in [3.8, 4) is 5.75 Å². The van der Waals surface area contributed by atoms with Crippen LogP contribution < -0.4 is 39.3 Å². The van der Waals surface area contributed by atoms with Gasteiger partial charge in [-0.3, -0.25) is 9.19 Å². The number of imidazole rings is 1. The van der Waals surface area contributed by atoms with Crippen LogP contribution >= 0.6 is 0 Å². The molecule has 5 nitrogen and oxygen atoms in total. The summed E-state index contributed by atoms with van der Waals surface area (Å²) in [6, 6.07) is 9.49. The van der Waals surface area contributed by atoms with Gasteiger partial charge in [0.2, 0.25) is 0 Å². The normalized spacial score (nSPS) is 18.0. The van der Waals surface area contributed by atoms with Crippen LogP contribution in [-0.4, -0.2) is 21.3 Å². The average Bonchev–Trinajstić information content (AvgIpc) is 2.93. The Bertz CT molecular complexity index is 879. The van der Waals surface area contributed by atoms with Gasteiger partial charge in [0.05, 0.1) is 28.9 Å². The zero-order chi connectivity index (χ0) is 16.5. The number of methoxy groups -OCH3 is 1. The Morgan fingerprint density at radius 3 is 2.88 bits per heavy atom. The fourth-order valence-electron chi connectivity index (χ4n) is 3.29. The molecule has 1 aliphatic rings. The van der Waals surface area contributed by atoms with Gasteiger partial charge in [0.15, 0.2) is 0 Å². The van der Waals surface area contributed by atoms with E-state index in [-0.39, 0.29) is 34.8 Å². The van der Waals surface area contributed by atoms with Crippen LogP contribution in [0.1, 0.15) is 35.8 Å². The standard InChI is InChI=1S/C18H18N3O2S.Na/c1-23-15-10-11-19-17-12(15)6-2-5-9-16(17)24(22)18-20-13-7-3-4-8-14(13)21-18;/h3-4,7-8,10-11,16H,2,5-6,9H2,1H3;/q-1;+1/t16-,24+;/m0./s1. The molecule has 0 amide bonds. The molecule has 0 spiro atoms. The van der Waals surface area contributed by atoms with Crippen molar-refractivity contribution >= 4 is 21.8 Å². The predicted octanol–water partition coefficient (Wildman–Crippen LogP) is 0.175. The molecule has 4 rings (SSSR count). The van der Waals surface area contributed by atoms with E-state index in [0.29, 0.717) is 5.16 Å². The van der Waals surface area contributed by atoms with Gasteiger partial charge < -0.3 is 14.7 Å². The van der Waals surface area contributed by atoms with Crippen LogP contribution in [0, 0.1) is 0 Å². The number of nitrogens with zero attached hydrogens (tertiary/aromatic N) is 3. The number of hydrogen-bond donors (Lipinski definition) is 0. The maximum atomic E-state index is 13.2. The van der Waals surface area contributed by atoms with Gasteiger partial charge in [-0.05, 0) is 36.4 Å². The molecule has 1 aliphatic carbocycles. The summed E-state index contributed by atoms with van der Waals surface area (Å²) in [5.74, 6) is 0.831. The maximum Gasteiger partial charge on any atom is 1.00 e. The van der Waals surface area contributed by atoms with E-state index >= 15 is 0 Å². The second kappa shape index (κ2) is 7.99. The Labute approximate surface area is 171 Å². The van der Waals surface area contributed by atoms with Crippen molar-refractivity contribution in [3.05, 3.63) is 47.8 Å². The van der Waals surface area contributed by atoms with E-state index in [1.165, 1.54) is 0 Å². The SMILES string of the molecule is COc1ccnc2c1CCCC[C@@H]2[S@@](=O)c1nc2ccccc2[n-]1.[Na+]. The van der Waals surface area contributed by atoms with Crippen LogP contribution in [0.3, 0.4) is 0 Å². The summed E-state index contributed by atoms with van der Waals surface area (Å²) in [4.78, 5) is 13.5. The van der Waals surface area contributed by atoms with E-state index in [0.717, 1.165) is 53.7 Å². The van der Waals surface area contributed by atoms with Crippen molar-refractivity contribution in [1.82, 2.24) is 15.0 Å². The number of hydrogen-bond acceptors (Lipinski definition) is 4. The van der Waals surface area contributed by atoms with E-state index in [9.17, 15) is 4.21 Å². The summed E-state index contributed by atoms with van der Waals surface area (Å²) < 4.78 is 18.7. The van der Waals surface area contributed by atoms with Crippen LogP contribution in [0.25, 0.3) is 11.0 Å². The zero-order valence-electron chi connectivity index (χ0n) is 14.4. The molecule has 7 heteroatoms. The minimum atomic E-state index is -1.33. The monoisotopic (exact) mass is 363 g/mol. The van der Waals surface area contributed by atoms with Crippen molar-refractivity contribution in [2.45, 2.75) is 36.1 Å². The van der Waals surface area contributed by atoms with Gasteiger partial charge in [0, 0.05) is 16.9 Å². The number of rotatable bonds is 3. The van der Waals surface area contributed by atoms with E-state index in [1.807, 2.05) is 30.3 Å². The Morgan fingerprint density at radius 2 is 2.08 bits per heavy atom. The fraction of sp³-hybridized carbons (Fsp3) is 0.333. The quantitative estimate of drug-likeness (QED) is 0.490. The largest absolute Gasteiger partial charge is 1.00 e. The Kier molecular flexibility index (Phi) is 5.94. The second-order valence-electron chi connectivity index (χ2n) is 5.90. The van der Waals surface area contributed by atoms with Gasteiger partial charge in [-0.15, -0.1) is 0 Å². The van der Waals surface area contributed by atoms with Gasteiger partial charge in [-0.2, -0.15) is 0 Å². The summed E-state index contributed by atoms with van der Waals surface area (Å²) in [6.07, 6.45) is 5.52. The summed E-state index contributed by atoms with van der Waals surface area (Å²) in [5, 5.41) is 0.216. The second-order valence-corrected chi connectivity index (χ2v) is 7.43. The Hall–Kier alpha value is -1.21. The molecule has 0 fully saturated rings. The molecule has 2 heterocycles. The smallest absolute Gasteiger partial charge is 0.496 e. The van der Waals surface area contributed by atoms with Gasteiger partial charge in [-0.1, -0.05) is 30.7 Å². The predicted molar refractivity (Wildman–Crippen MR) is 92.6 cm³/mol. The third-order valence-electron chi connectivity index (χ3n) is 4.47. The fourth-order valence-corrected chi connectivity index (χ4v) is 4.71. The van der Waals surface area contributed by atoms with Crippen LogP contribution in [0.2, 0.25) is 0 Å². The topological polar surface area (TPSA) is 66.2 Å². The first kappa shape index (κ1) is 18.6. The number of fused-ring (bicyclic) bond motifs is 2. The number of benzene rings is 1. The number of pyridine rings is 1. The average molecular weight is 363 g/mol. The molecular formula is C18H18N3NaO2S. The molecule has 0 bridgehead atoms. The van der Waals surface area contributed by atoms with Crippen molar-refractivity contribution in [1.29, 1.82) is 0 Å².